The van der Waals surface area contributed by atoms with Crippen LogP contribution in [0.5, 0.6) is 5.75 Å². The maximum absolute atomic E-state index is 13.6. The van der Waals surface area contributed by atoms with Gasteiger partial charge in [0.15, 0.2) is 9.84 Å². The first kappa shape index (κ1) is 23.3. The first-order chi connectivity index (χ1) is 14.3. The molecule has 0 saturated heterocycles. The highest BCUT2D eigenvalue weighted by atomic mass is 79.9. The van der Waals surface area contributed by atoms with Gasteiger partial charge in [-0.2, -0.15) is 5.06 Å². The van der Waals surface area contributed by atoms with E-state index in [1.165, 1.54) is 5.06 Å². The molecule has 5 nitrogen and oxygen atoms in total. The molecule has 30 heavy (non-hydrogen) atoms. The van der Waals surface area contributed by atoms with Crippen LogP contribution in [-0.2, 0) is 15.2 Å². The fraction of sp³-hybridized carbons (Fsp3) is 0.478. The van der Waals surface area contributed by atoms with E-state index in [9.17, 15) is 13.6 Å². The van der Waals surface area contributed by atoms with Crippen molar-refractivity contribution in [1.29, 1.82) is 0 Å². The third kappa shape index (κ3) is 4.17. The van der Waals surface area contributed by atoms with Crippen molar-refractivity contribution in [1.82, 2.24) is 5.06 Å². The molecule has 0 saturated carbocycles. The summed E-state index contributed by atoms with van der Waals surface area (Å²) in [7, 11) is -2.06. The Kier molecular flexibility index (Phi) is 7.28. The third-order valence-corrected chi connectivity index (χ3v) is 8.69. The number of halogens is 1. The van der Waals surface area contributed by atoms with Gasteiger partial charge >= 0.3 is 0 Å². The van der Waals surface area contributed by atoms with Gasteiger partial charge in [-0.1, -0.05) is 73.0 Å². The van der Waals surface area contributed by atoms with Gasteiger partial charge < -0.3 is 9.94 Å². The summed E-state index contributed by atoms with van der Waals surface area (Å²) < 4.78 is 32.8. The molecule has 0 bridgehead atoms. The van der Waals surface area contributed by atoms with E-state index < -0.39 is 21.4 Å². The van der Waals surface area contributed by atoms with Crippen molar-refractivity contribution in [3.05, 3.63) is 59.2 Å². The monoisotopic (exact) mass is 495 g/mol. The highest BCUT2D eigenvalue weighted by Gasteiger charge is 2.48. The molecule has 2 atom stereocenters. The van der Waals surface area contributed by atoms with Crippen molar-refractivity contribution < 1.29 is 18.4 Å². The van der Waals surface area contributed by atoms with E-state index in [-0.39, 0.29) is 10.6 Å². The molecule has 0 amide bonds. The fourth-order valence-electron chi connectivity index (χ4n) is 4.39. The Morgan fingerprint density at radius 3 is 2.50 bits per heavy atom. The van der Waals surface area contributed by atoms with E-state index in [0.717, 1.165) is 24.0 Å². The third-order valence-electron chi connectivity index (χ3n) is 6.14. The van der Waals surface area contributed by atoms with Gasteiger partial charge in [0.1, 0.15) is 5.75 Å². The molecule has 3 rings (SSSR count). The van der Waals surface area contributed by atoms with Crippen LogP contribution in [0.15, 0.2) is 47.4 Å². The average Bonchev–Trinajstić information content (AvgIpc) is 2.83. The highest BCUT2D eigenvalue weighted by molar-refractivity contribution is 9.08. The number of hydrogen-bond donors (Lipinski definition) is 1. The molecule has 0 unspecified atom stereocenters. The molecule has 1 N–H and O–H groups in total. The molecule has 1 aliphatic rings. The Bertz CT molecular complexity index is 980. The van der Waals surface area contributed by atoms with Gasteiger partial charge in [0, 0.05) is 10.9 Å². The number of rotatable bonds is 7. The number of ether oxygens (including phenoxy) is 1. The summed E-state index contributed by atoms with van der Waals surface area (Å²) in [5, 5.41) is 13.4. The lowest BCUT2D eigenvalue weighted by Gasteiger charge is -2.42. The first-order valence-electron chi connectivity index (χ1n) is 10.4. The minimum absolute atomic E-state index is 0.114. The zero-order chi connectivity index (χ0) is 21.9. The van der Waals surface area contributed by atoms with Gasteiger partial charge in [0.25, 0.3) is 0 Å². The minimum Gasteiger partial charge on any atom is -0.496 e. The summed E-state index contributed by atoms with van der Waals surface area (Å²) in [6, 6.07) is 12.5. The predicted octanol–water partition coefficient (Wildman–Crippen LogP) is 5.50. The summed E-state index contributed by atoms with van der Waals surface area (Å²) in [5.74, 6) is 0.491. The van der Waals surface area contributed by atoms with E-state index in [4.69, 9.17) is 4.74 Å². The van der Waals surface area contributed by atoms with E-state index in [1.807, 2.05) is 37.3 Å². The van der Waals surface area contributed by atoms with Crippen LogP contribution in [0.2, 0.25) is 0 Å². The van der Waals surface area contributed by atoms with Gasteiger partial charge in [-0.3, -0.25) is 0 Å². The van der Waals surface area contributed by atoms with Crippen molar-refractivity contribution in [2.75, 3.05) is 12.9 Å². The van der Waals surface area contributed by atoms with Crippen LogP contribution in [0.1, 0.15) is 62.3 Å². The summed E-state index contributed by atoms with van der Waals surface area (Å²) in [5.41, 5.74) is 1.31. The number of benzene rings is 2. The number of sulfone groups is 1. The summed E-state index contributed by atoms with van der Waals surface area (Å²) in [6.07, 6.45) is 2.91. The number of alkyl halides is 1. The molecular formula is C23H30BrNO4S. The van der Waals surface area contributed by atoms with Crippen LogP contribution in [-0.4, -0.2) is 37.1 Å². The number of methoxy groups -OCH3 is 1. The number of hydrogen-bond acceptors (Lipinski definition) is 5. The Balaban J connectivity index is 2.34. The van der Waals surface area contributed by atoms with Crippen molar-refractivity contribution in [3.8, 4) is 5.75 Å². The number of unbranched alkanes of at least 4 members (excludes halogenated alkanes) is 1. The van der Waals surface area contributed by atoms with Crippen LogP contribution in [0, 0.1) is 0 Å². The second-order valence-electron chi connectivity index (χ2n) is 7.93. The second-order valence-corrected chi connectivity index (χ2v) is 10.5. The van der Waals surface area contributed by atoms with Gasteiger partial charge in [-0.15, -0.1) is 0 Å². The maximum atomic E-state index is 13.6. The lowest BCUT2D eigenvalue weighted by Crippen LogP contribution is -2.51. The molecule has 164 valence electrons. The zero-order valence-corrected chi connectivity index (χ0v) is 20.2. The molecule has 0 radical (unpaired) electrons. The number of hydroxylamine groups is 2. The average molecular weight is 496 g/mol. The van der Waals surface area contributed by atoms with Crippen LogP contribution >= 0.6 is 15.9 Å². The molecule has 2 aromatic carbocycles. The van der Waals surface area contributed by atoms with Crippen LogP contribution in [0.4, 0.5) is 0 Å². The molecular weight excluding hydrogens is 466 g/mol. The van der Waals surface area contributed by atoms with Crippen molar-refractivity contribution in [2.24, 2.45) is 0 Å². The quantitative estimate of drug-likeness (QED) is 0.513. The van der Waals surface area contributed by atoms with Crippen LogP contribution < -0.4 is 4.74 Å². The first-order valence-corrected chi connectivity index (χ1v) is 13.1. The predicted molar refractivity (Wildman–Crippen MR) is 122 cm³/mol. The smallest absolute Gasteiger partial charge is 0.180 e. The molecule has 0 aromatic heterocycles. The van der Waals surface area contributed by atoms with Crippen LogP contribution in [0.25, 0.3) is 0 Å². The number of nitrogens with zero attached hydrogens (tertiary/aromatic N) is 1. The van der Waals surface area contributed by atoms with E-state index in [1.54, 1.807) is 19.2 Å². The van der Waals surface area contributed by atoms with Gasteiger partial charge in [-0.05, 0) is 36.1 Å². The highest BCUT2D eigenvalue weighted by Crippen LogP contribution is 2.45. The topological polar surface area (TPSA) is 66.8 Å². The molecule has 0 spiro atoms. The molecule has 7 heteroatoms. The maximum Gasteiger partial charge on any atom is 0.180 e. The Morgan fingerprint density at radius 2 is 1.93 bits per heavy atom. The standard InChI is InChI=1S/C23H30BrNO4S/c1-4-6-12-23(5-2)16-30(27,28)21-13-18(15-24)20(29-3)14-19(21)22(25(23)26)17-10-8-7-9-11-17/h7-11,13-14,22,26H,4-6,12,15-16H2,1-3H3/t22-,23-/m1/s1. The Hall–Kier alpha value is -1.41. The molecule has 0 fully saturated rings. The Labute approximate surface area is 188 Å². The van der Waals surface area contributed by atoms with Gasteiger partial charge in [0.05, 0.1) is 29.3 Å². The minimum atomic E-state index is -3.64. The SMILES string of the molecule is CCCC[C@]1(CC)CS(=O)(=O)c2cc(CBr)c(OC)cc2[C@@H](c2ccccc2)N1O. The van der Waals surface area contributed by atoms with Crippen molar-refractivity contribution in [3.63, 3.8) is 0 Å². The van der Waals surface area contributed by atoms with Gasteiger partial charge in [0.2, 0.25) is 0 Å². The van der Waals surface area contributed by atoms with E-state index >= 15 is 0 Å². The molecule has 0 aliphatic carbocycles. The summed E-state index contributed by atoms with van der Waals surface area (Å²) >= 11 is 3.44. The summed E-state index contributed by atoms with van der Waals surface area (Å²) in [4.78, 5) is 0.275. The Morgan fingerprint density at radius 1 is 1.23 bits per heavy atom. The zero-order valence-electron chi connectivity index (χ0n) is 17.8. The second kappa shape index (κ2) is 9.39. The normalized spacial score (nSPS) is 23.6. The fourth-order valence-corrected chi connectivity index (χ4v) is 7.02. The molecule has 1 aliphatic heterocycles. The summed E-state index contributed by atoms with van der Waals surface area (Å²) in [6.45, 7) is 4.03. The molecule has 1 heterocycles. The lowest BCUT2D eigenvalue weighted by molar-refractivity contribution is -0.193. The van der Waals surface area contributed by atoms with Crippen molar-refractivity contribution >= 4 is 25.8 Å². The number of fused-ring (bicyclic) bond motifs is 1. The van der Waals surface area contributed by atoms with Crippen molar-refractivity contribution in [2.45, 2.75) is 61.3 Å². The van der Waals surface area contributed by atoms with E-state index in [0.29, 0.717) is 29.5 Å². The lowest BCUT2D eigenvalue weighted by atomic mass is 9.87. The molecule has 2 aromatic rings. The van der Waals surface area contributed by atoms with Gasteiger partial charge in [-0.25, -0.2) is 8.42 Å². The largest absolute Gasteiger partial charge is 0.496 e. The van der Waals surface area contributed by atoms with Crippen LogP contribution in [0.3, 0.4) is 0 Å². The van der Waals surface area contributed by atoms with E-state index in [2.05, 4.69) is 22.9 Å².